The molecule has 0 heterocycles. The number of benzene rings is 1. The van der Waals surface area contributed by atoms with Crippen molar-refractivity contribution in [1.82, 2.24) is 4.72 Å². The van der Waals surface area contributed by atoms with E-state index in [1.807, 2.05) is 0 Å². The summed E-state index contributed by atoms with van der Waals surface area (Å²) in [4.78, 5) is -0.231. The Morgan fingerprint density at radius 2 is 1.95 bits per heavy atom. The van der Waals surface area contributed by atoms with Gasteiger partial charge >= 0.3 is 6.18 Å². The molecule has 0 aromatic heterocycles. The van der Waals surface area contributed by atoms with E-state index in [2.05, 4.69) is 15.9 Å². The van der Waals surface area contributed by atoms with E-state index in [1.54, 1.807) is 4.72 Å². The van der Waals surface area contributed by atoms with Gasteiger partial charge in [-0.25, -0.2) is 8.42 Å². The Morgan fingerprint density at radius 3 is 2.35 bits per heavy atom. The van der Waals surface area contributed by atoms with Gasteiger partial charge in [0, 0.05) is 11.0 Å². The molecule has 1 aliphatic carbocycles. The lowest BCUT2D eigenvalue weighted by molar-refractivity contribution is -0.160. The van der Waals surface area contributed by atoms with Crippen molar-refractivity contribution in [1.29, 1.82) is 0 Å². The zero-order chi connectivity index (χ0) is 15.2. The molecular weight excluding hydrogens is 361 g/mol. The van der Waals surface area contributed by atoms with Crippen LogP contribution in [0.15, 0.2) is 27.6 Å². The quantitative estimate of drug-likeness (QED) is 0.851. The Hall–Kier alpha value is -0.640. The molecule has 1 saturated carbocycles. The highest BCUT2D eigenvalue weighted by Gasteiger charge is 2.65. The topological polar surface area (TPSA) is 72.2 Å². The van der Waals surface area contributed by atoms with Crippen LogP contribution in [0.2, 0.25) is 0 Å². The maximum Gasteiger partial charge on any atom is 0.407 e. The van der Waals surface area contributed by atoms with Crippen LogP contribution >= 0.6 is 15.9 Å². The number of hydrogen-bond acceptors (Lipinski definition) is 3. The molecule has 2 rings (SSSR count). The van der Waals surface area contributed by atoms with Gasteiger partial charge in [0.05, 0.1) is 4.90 Å². The first-order valence-electron chi connectivity index (χ1n) is 5.70. The summed E-state index contributed by atoms with van der Waals surface area (Å²) in [5, 5.41) is 0. The van der Waals surface area contributed by atoms with Gasteiger partial charge in [0.1, 0.15) is 5.54 Å². The van der Waals surface area contributed by atoms with E-state index in [1.165, 1.54) is 18.2 Å². The van der Waals surface area contributed by atoms with Crippen LogP contribution in [0.5, 0.6) is 0 Å². The molecule has 0 radical (unpaired) electrons. The highest BCUT2D eigenvalue weighted by molar-refractivity contribution is 9.10. The molecule has 1 aromatic rings. The number of sulfonamides is 1. The molecule has 0 amide bonds. The van der Waals surface area contributed by atoms with E-state index in [0.717, 1.165) is 0 Å². The largest absolute Gasteiger partial charge is 0.407 e. The molecule has 0 aliphatic heterocycles. The Balaban J connectivity index is 2.33. The molecule has 20 heavy (non-hydrogen) atoms. The number of rotatable bonds is 4. The lowest BCUT2D eigenvalue weighted by Gasteiger charge is -2.21. The Bertz CT molecular complexity index is 627. The van der Waals surface area contributed by atoms with E-state index in [-0.39, 0.29) is 28.8 Å². The fourth-order valence-corrected chi connectivity index (χ4v) is 4.34. The van der Waals surface area contributed by atoms with E-state index in [0.29, 0.717) is 5.56 Å². The third kappa shape index (κ3) is 2.85. The van der Waals surface area contributed by atoms with E-state index >= 15 is 0 Å². The van der Waals surface area contributed by atoms with E-state index in [4.69, 9.17) is 5.73 Å². The fourth-order valence-electron chi connectivity index (χ4n) is 1.77. The van der Waals surface area contributed by atoms with Gasteiger partial charge in [-0.2, -0.15) is 17.9 Å². The van der Waals surface area contributed by atoms with Crippen molar-refractivity contribution in [3.8, 4) is 0 Å². The minimum atomic E-state index is -4.59. The fraction of sp³-hybridized carbons (Fsp3) is 0.455. The predicted molar refractivity (Wildman–Crippen MR) is 70.4 cm³/mol. The third-order valence-electron chi connectivity index (χ3n) is 3.14. The van der Waals surface area contributed by atoms with Crippen LogP contribution in [-0.2, 0) is 16.6 Å². The molecule has 4 nitrogen and oxygen atoms in total. The summed E-state index contributed by atoms with van der Waals surface area (Å²) in [6.07, 6.45) is -5.08. The van der Waals surface area contributed by atoms with Crippen LogP contribution in [-0.4, -0.2) is 20.1 Å². The first kappa shape index (κ1) is 15.7. The number of hydrogen-bond donors (Lipinski definition) is 2. The molecule has 1 aliphatic rings. The number of nitrogens with two attached hydrogens (primary N) is 1. The average molecular weight is 373 g/mol. The van der Waals surface area contributed by atoms with Gasteiger partial charge < -0.3 is 5.73 Å². The van der Waals surface area contributed by atoms with Crippen LogP contribution in [0.1, 0.15) is 18.4 Å². The molecule has 3 N–H and O–H groups in total. The second-order valence-corrected chi connectivity index (χ2v) is 7.16. The summed E-state index contributed by atoms with van der Waals surface area (Å²) in [6, 6.07) is 4.18. The smallest absolute Gasteiger partial charge is 0.326 e. The molecule has 0 bridgehead atoms. The number of halogens is 4. The van der Waals surface area contributed by atoms with Crippen LogP contribution in [0.3, 0.4) is 0 Å². The molecule has 0 spiro atoms. The van der Waals surface area contributed by atoms with Crippen LogP contribution in [0, 0.1) is 0 Å². The summed E-state index contributed by atoms with van der Waals surface area (Å²) in [5.74, 6) is 0. The first-order valence-corrected chi connectivity index (χ1v) is 7.98. The van der Waals surface area contributed by atoms with Crippen molar-refractivity contribution in [2.45, 2.75) is 36.0 Å². The molecule has 9 heteroatoms. The Kier molecular flexibility index (Phi) is 3.91. The first-order chi connectivity index (χ1) is 9.11. The summed E-state index contributed by atoms with van der Waals surface area (Å²) >= 11 is 3.05. The minimum absolute atomic E-state index is 0.186. The zero-order valence-electron chi connectivity index (χ0n) is 10.2. The van der Waals surface area contributed by atoms with Gasteiger partial charge in [-0.3, -0.25) is 0 Å². The van der Waals surface area contributed by atoms with Crippen LogP contribution in [0.25, 0.3) is 0 Å². The number of nitrogens with one attached hydrogen (secondary N) is 1. The Labute approximate surface area is 122 Å². The maximum absolute atomic E-state index is 12.8. The molecule has 0 atom stereocenters. The van der Waals surface area contributed by atoms with Gasteiger partial charge in [0.2, 0.25) is 10.0 Å². The van der Waals surface area contributed by atoms with Crippen molar-refractivity contribution in [3.63, 3.8) is 0 Å². The molecule has 1 fully saturated rings. The van der Waals surface area contributed by atoms with Crippen molar-refractivity contribution < 1.29 is 21.6 Å². The summed E-state index contributed by atoms with van der Waals surface area (Å²) in [5.41, 5.74) is 3.76. The summed E-state index contributed by atoms with van der Waals surface area (Å²) < 4.78 is 64.5. The SMILES string of the molecule is NCc1ccc(S(=O)(=O)NC2(C(F)(F)F)CC2)c(Br)c1. The normalized spacial score (nSPS) is 18.1. The van der Waals surface area contributed by atoms with Gasteiger partial charge in [-0.05, 0) is 46.5 Å². The van der Waals surface area contributed by atoms with Crippen molar-refractivity contribution >= 4 is 26.0 Å². The zero-order valence-corrected chi connectivity index (χ0v) is 12.6. The molecule has 112 valence electrons. The molecule has 1 aromatic carbocycles. The summed E-state index contributed by atoms with van der Waals surface area (Å²) in [7, 11) is -4.25. The molecular formula is C11H12BrF3N2O2S. The monoisotopic (exact) mass is 372 g/mol. The van der Waals surface area contributed by atoms with Gasteiger partial charge in [0.15, 0.2) is 0 Å². The lowest BCUT2D eigenvalue weighted by atomic mass is 10.2. The lowest BCUT2D eigenvalue weighted by Crippen LogP contribution is -2.47. The highest BCUT2D eigenvalue weighted by atomic mass is 79.9. The standard InChI is InChI=1S/C11H12BrF3N2O2S/c12-8-5-7(6-16)1-2-9(8)20(18,19)17-10(3-4-10)11(13,14)15/h1-2,5,17H,3-4,6,16H2. The predicted octanol–water partition coefficient (Wildman–Crippen LogP) is 2.28. The van der Waals surface area contributed by atoms with E-state index in [9.17, 15) is 21.6 Å². The second-order valence-electron chi connectivity index (χ2n) is 4.65. The molecule has 0 saturated heterocycles. The van der Waals surface area contributed by atoms with Crippen molar-refractivity contribution in [3.05, 3.63) is 28.2 Å². The van der Waals surface area contributed by atoms with Crippen LogP contribution < -0.4 is 10.5 Å². The summed E-state index contributed by atoms with van der Waals surface area (Å²) in [6.45, 7) is 0.207. The Morgan fingerprint density at radius 1 is 1.35 bits per heavy atom. The van der Waals surface area contributed by atoms with Crippen molar-refractivity contribution in [2.24, 2.45) is 5.73 Å². The molecule has 0 unspecified atom stereocenters. The van der Waals surface area contributed by atoms with Gasteiger partial charge in [-0.1, -0.05) is 6.07 Å². The highest BCUT2D eigenvalue weighted by Crippen LogP contribution is 2.49. The van der Waals surface area contributed by atoms with Crippen LogP contribution in [0.4, 0.5) is 13.2 Å². The average Bonchev–Trinajstić information content (AvgIpc) is 3.08. The second kappa shape index (κ2) is 4.97. The maximum atomic E-state index is 12.8. The third-order valence-corrected chi connectivity index (χ3v) is 5.66. The van der Waals surface area contributed by atoms with E-state index < -0.39 is 21.7 Å². The number of alkyl halides is 3. The minimum Gasteiger partial charge on any atom is -0.326 e. The van der Waals surface area contributed by atoms with Gasteiger partial charge in [-0.15, -0.1) is 0 Å². The van der Waals surface area contributed by atoms with Crippen molar-refractivity contribution in [2.75, 3.05) is 0 Å². The van der Waals surface area contributed by atoms with Gasteiger partial charge in [0.25, 0.3) is 0 Å².